The number of ether oxygens (including phenoxy) is 2. The number of carbonyl (C=O) groups excluding carboxylic acids is 1. The molecule has 6 heteroatoms. The molecule has 1 fully saturated rings. The number of hydrogen-bond acceptors (Lipinski definition) is 5. The molecule has 0 saturated carbocycles. The van der Waals surface area contributed by atoms with Crippen LogP contribution >= 0.6 is 0 Å². The first kappa shape index (κ1) is 16.4. The Balaban J connectivity index is 2.62. The maximum atomic E-state index is 11.8. The lowest BCUT2D eigenvalue weighted by Crippen LogP contribution is -2.59. The minimum atomic E-state index is -1.13. The van der Waals surface area contributed by atoms with Gasteiger partial charge in [0.15, 0.2) is 6.10 Å². The van der Waals surface area contributed by atoms with Gasteiger partial charge in [0, 0.05) is 20.3 Å². The zero-order chi connectivity index (χ0) is 14.8. The molecule has 1 saturated heterocycles. The van der Waals surface area contributed by atoms with Gasteiger partial charge in [-0.3, -0.25) is 4.79 Å². The van der Waals surface area contributed by atoms with Crippen molar-refractivity contribution in [3.05, 3.63) is 0 Å². The Labute approximate surface area is 113 Å². The fourth-order valence-electron chi connectivity index (χ4n) is 2.12. The van der Waals surface area contributed by atoms with E-state index in [9.17, 15) is 15.2 Å². The molecule has 0 spiro atoms. The summed E-state index contributed by atoms with van der Waals surface area (Å²) in [5.41, 5.74) is -0.545. The minimum Gasteiger partial charge on any atom is -0.532 e. The topological polar surface area (TPSA) is 81.5 Å². The fraction of sp³-hybridized carbons (Fsp3) is 0.923. The monoisotopic (exact) mass is 276 g/mol. The van der Waals surface area contributed by atoms with E-state index in [0.717, 1.165) is 0 Å². The summed E-state index contributed by atoms with van der Waals surface area (Å²) in [6, 6.07) is 0. The lowest BCUT2D eigenvalue weighted by atomic mass is 10.1. The number of hydrogen-bond donors (Lipinski definition) is 1. The van der Waals surface area contributed by atoms with Crippen molar-refractivity contribution in [2.45, 2.75) is 71.1 Å². The van der Waals surface area contributed by atoms with Crippen LogP contribution in [-0.4, -0.2) is 41.3 Å². The Morgan fingerprint density at radius 2 is 2.11 bits per heavy atom. The molecule has 0 aromatic heterocycles. The Kier molecular flexibility index (Phi) is 4.95. The van der Waals surface area contributed by atoms with Gasteiger partial charge >= 0.3 is 5.97 Å². The molecule has 19 heavy (non-hydrogen) atoms. The number of esters is 1. The first-order valence-corrected chi connectivity index (χ1v) is 6.46. The Hall–Kier alpha value is -0.690. The summed E-state index contributed by atoms with van der Waals surface area (Å²) < 4.78 is 12.4. The van der Waals surface area contributed by atoms with E-state index in [1.807, 2.05) is 0 Å². The van der Waals surface area contributed by atoms with Crippen molar-refractivity contribution in [1.29, 1.82) is 0 Å². The van der Waals surface area contributed by atoms with E-state index < -0.39 is 23.6 Å². The largest absolute Gasteiger partial charge is 0.532 e. The highest BCUT2D eigenvalue weighted by atomic mass is 17.3. The zero-order valence-electron chi connectivity index (χ0n) is 12.3. The van der Waals surface area contributed by atoms with Crippen LogP contribution in [0.3, 0.4) is 0 Å². The molecule has 1 aliphatic rings. The van der Waals surface area contributed by atoms with Gasteiger partial charge in [0.05, 0.1) is 12.5 Å². The molecular weight excluding hydrogens is 252 g/mol. The van der Waals surface area contributed by atoms with Crippen molar-refractivity contribution in [2.24, 2.45) is 0 Å². The van der Waals surface area contributed by atoms with Crippen LogP contribution in [-0.2, 0) is 18.8 Å². The SMILES string of the molecule is CC(C)(C)OC(=O)C[C@H]1C[C@@H](CO)[O+]([O-])C(C)(C)O1. The fourth-order valence-corrected chi connectivity index (χ4v) is 2.12. The van der Waals surface area contributed by atoms with E-state index in [-0.39, 0.29) is 25.4 Å². The molecule has 1 N–H and O–H groups in total. The highest BCUT2D eigenvalue weighted by Gasteiger charge is 2.44. The van der Waals surface area contributed by atoms with Gasteiger partial charge < -0.3 is 24.4 Å². The molecule has 6 nitrogen and oxygen atoms in total. The summed E-state index contributed by atoms with van der Waals surface area (Å²) in [6.45, 7) is 8.28. The second-order valence-corrected chi connectivity index (χ2v) is 6.27. The highest BCUT2D eigenvalue weighted by molar-refractivity contribution is 5.70. The van der Waals surface area contributed by atoms with Gasteiger partial charge in [-0.2, -0.15) is 0 Å². The van der Waals surface area contributed by atoms with Gasteiger partial charge in [-0.15, -0.1) is 0 Å². The Morgan fingerprint density at radius 1 is 1.53 bits per heavy atom. The van der Waals surface area contributed by atoms with Crippen LogP contribution in [0, 0.1) is 0 Å². The van der Waals surface area contributed by atoms with Gasteiger partial charge in [-0.05, 0) is 20.8 Å². The quantitative estimate of drug-likeness (QED) is 0.459. The molecule has 0 aliphatic carbocycles. The second kappa shape index (κ2) is 5.75. The molecule has 0 aromatic rings. The van der Waals surface area contributed by atoms with Crippen molar-refractivity contribution < 1.29 is 29.1 Å². The summed E-state index contributed by atoms with van der Waals surface area (Å²) >= 11 is 0. The summed E-state index contributed by atoms with van der Waals surface area (Å²) in [5, 5.41) is 21.0. The molecule has 0 radical (unpaired) electrons. The maximum absolute atomic E-state index is 11.8. The van der Waals surface area contributed by atoms with E-state index >= 15 is 0 Å². The summed E-state index contributed by atoms with van der Waals surface area (Å²) in [4.78, 5) is 11.8. The van der Waals surface area contributed by atoms with Gasteiger partial charge in [-0.25, -0.2) is 0 Å². The van der Waals surface area contributed by atoms with Crippen LogP contribution in [0.15, 0.2) is 0 Å². The third-order valence-electron chi connectivity index (χ3n) is 2.78. The molecule has 0 aromatic carbocycles. The average molecular weight is 276 g/mol. The van der Waals surface area contributed by atoms with E-state index in [0.29, 0.717) is 0 Å². The zero-order valence-corrected chi connectivity index (χ0v) is 12.3. The smallest absolute Gasteiger partial charge is 0.308 e. The van der Waals surface area contributed by atoms with Crippen molar-refractivity contribution in [3.63, 3.8) is 0 Å². The van der Waals surface area contributed by atoms with E-state index in [1.54, 1.807) is 39.1 Å². The Morgan fingerprint density at radius 3 is 2.58 bits per heavy atom. The van der Waals surface area contributed by atoms with Crippen molar-refractivity contribution in [2.75, 3.05) is 6.61 Å². The third-order valence-corrected chi connectivity index (χ3v) is 2.78. The van der Waals surface area contributed by atoms with Crippen molar-refractivity contribution >= 4 is 5.97 Å². The molecule has 0 unspecified atom stereocenters. The number of aliphatic hydroxyl groups is 1. The van der Waals surface area contributed by atoms with Gasteiger partial charge in [0.2, 0.25) is 0 Å². The molecule has 1 rings (SSSR count). The molecule has 1 aliphatic heterocycles. The molecule has 0 amide bonds. The summed E-state index contributed by atoms with van der Waals surface area (Å²) in [7, 11) is 0. The lowest BCUT2D eigenvalue weighted by Gasteiger charge is -2.46. The summed E-state index contributed by atoms with van der Waals surface area (Å²) in [5.74, 6) is -1.49. The van der Waals surface area contributed by atoms with Gasteiger partial charge in [0.25, 0.3) is 5.79 Å². The number of rotatable bonds is 3. The lowest BCUT2D eigenvalue weighted by molar-refractivity contribution is -0.859. The first-order valence-electron chi connectivity index (χ1n) is 6.46. The standard InChI is InChI=1S/C13H24O6/c1-12(2,3)18-11(15)7-9-6-10(8-14)19(16)13(4,5)17-9/h9-10,14H,6-8H2,1-5H3/t9-,10+/m1/s1. The molecule has 112 valence electrons. The maximum Gasteiger partial charge on any atom is 0.308 e. The average Bonchev–Trinajstić information content (AvgIpc) is 2.19. The van der Waals surface area contributed by atoms with Crippen molar-refractivity contribution in [3.8, 4) is 0 Å². The Bertz CT molecular complexity index is 320. The minimum absolute atomic E-state index is 0.0750. The van der Waals surface area contributed by atoms with Crippen LogP contribution in [0.4, 0.5) is 0 Å². The molecular formula is C13H24O6. The van der Waals surface area contributed by atoms with E-state index in [2.05, 4.69) is 0 Å². The number of aliphatic hydroxyl groups excluding tert-OH is 1. The van der Waals surface area contributed by atoms with Crippen LogP contribution in [0.25, 0.3) is 0 Å². The van der Waals surface area contributed by atoms with E-state index in [1.165, 1.54) is 0 Å². The molecule has 2 atom stereocenters. The molecule has 0 bridgehead atoms. The van der Waals surface area contributed by atoms with Crippen LogP contribution in [0.5, 0.6) is 0 Å². The van der Waals surface area contributed by atoms with Crippen molar-refractivity contribution in [1.82, 2.24) is 0 Å². The third kappa shape index (κ3) is 4.72. The van der Waals surface area contributed by atoms with Gasteiger partial charge in [-0.1, -0.05) is 0 Å². The molecule has 1 heterocycles. The van der Waals surface area contributed by atoms with Crippen LogP contribution < -0.4 is 5.26 Å². The van der Waals surface area contributed by atoms with Gasteiger partial charge in [0.1, 0.15) is 12.2 Å². The predicted molar refractivity (Wildman–Crippen MR) is 66.0 cm³/mol. The predicted octanol–water partition coefficient (Wildman–Crippen LogP) is 0.432. The van der Waals surface area contributed by atoms with Crippen LogP contribution in [0.2, 0.25) is 0 Å². The first-order chi connectivity index (χ1) is 8.55. The van der Waals surface area contributed by atoms with Crippen LogP contribution in [0.1, 0.15) is 47.5 Å². The van der Waals surface area contributed by atoms with E-state index in [4.69, 9.17) is 9.47 Å². The highest BCUT2D eigenvalue weighted by Crippen LogP contribution is 2.32. The number of carbonyl (C=O) groups is 1. The normalized spacial score (nSPS) is 28.2. The second-order valence-electron chi connectivity index (χ2n) is 6.27. The summed E-state index contributed by atoms with van der Waals surface area (Å²) in [6.07, 6.45) is -0.699.